The number of rotatable bonds is 3. The third-order valence-corrected chi connectivity index (χ3v) is 2.81. The molecule has 0 amide bonds. The fraction of sp³-hybridized carbons (Fsp3) is 0.800. The van der Waals surface area contributed by atoms with Crippen LogP contribution < -0.4 is 11.1 Å². The van der Waals surface area contributed by atoms with Gasteiger partial charge in [0, 0.05) is 12.1 Å². The molecule has 0 aromatic carbocycles. The van der Waals surface area contributed by atoms with Crippen LogP contribution in [0, 0.1) is 18.3 Å². The standard InChI is InChI=1S/C10H18N2/c1-3-6-12-10(8-11)5-4-9(2)7-10/h1,9,12H,4-8,11H2,2H3. The van der Waals surface area contributed by atoms with Crippen LogP contribution in [0.1, 0.15) is 26.2 Å². The lowest BCUT2D eigenvalue weighted by Crippen LogP contribution is -2.49. The summed E-state index contributed by atoms with van der Waals surface area (Å²) in [5.41, 5.74) is 5.89. The maximum Gasteiger partial charge on any atom is 0.0578 e. The smallest absolute Gasteiger partial charge is 0.0578 e. The Balaban J connectivity index is 2.47. The van der Waals surface area contributed by atoms with Crippen LogP contribution in [0.4, 0.5) is 0 Å². The Hall–Kier alpha value is -0.520. The molecule has 2 atom stereocenters. The molecule has 68 valence electrons. The highest BCUT2D eigenvalue weighted by molar-refractivity contribution is 4.99. The first-order chi connectivity index (χ1) is 5.72. The Morgan fingerprint density at radius 1 is 1.75 bits per heavy atom. The van der Waals surface area contributed by atoms with Gasteiger partial charge in [0.1, 0.15) is 0 Å². The van der Waals surface area contributed by atoms with Crippen molar-refractivity contribution in [2.24, 2.45) is 11.7 Å². The van der Waals surface area contributed by atoms with Gasteiger partial charge in [-0.15, -0.1) is 6.42 Å². The topological polar surface area (TPSA) is 38.0 Å². The predicted molar refractivity (Wildman–Crippen MR) is 51.6 cm³/mol. The summed E-state index contributed by atoms with van der Waals surface area (Å²) < 4.78 is 0. The molecule has 1 rings (SSSR count). The summed E-state index contributed by atoms with van der Waals surface area (Å²) in [6, 6.07) is 0. The summed E-state index contributed by atoms with van der Waals surface area (Å²) in [6.45, 7) is 3.62. The van der Waals surface area contributed by atoms with Crippen LogP contribution in [0.25, 0.3) is 0 Å². The maximum atomic E-state index is 5.74. The van der Waals surface area contributed by atoms with E-state index in [9.17, 15) is 0 Å². The first-order valence-corrected chi connectivity index (χ1v) is 4.61. The first-order valence-electron chi connectivity index (χ1n) is 4.61. The molecule has 2 heteroatoms. The van der Waals surface area contributed by atoms with Gasteiger partial charge in [0.2, 0.25) is 0 Å². The van der Waals surface area contributed by atoms with Gasteiger partial charge in [0.15, 0.2) is 0 Å². The van der Waals surface area contributed by atoms with Crippen molar-refractivity contribution in [2.75, 3.05) is 13.1 Å². The largest absolute Gasteiger partial charge is 0.329 e. The summed E-state index contributed by atoms with van der Waals surface area (Å²) in [7, 11) is 0. The number of hydrogen-bond acceptors (Lipinski definition) is 2. The van der Waals surface area contributed by atoms with Crippen molar-refractivity contribution in [3.05, 3.63) is 0 Å². The summed E-state index contributed by atoms with van der Waals surface area (Å²) in [4.78, 5) is 0. The van der Waals surface area contributed by atoms with E-state index >= 15 is 0 Å². The lowest BCUT2D eigenvalue weighted by Gasteiger charge is -2.28. The normalized spacial score (nSPS) is 34.9. The molecule has 1 aliphatic carbocycles. The molecule has 12 heavy (non-hydrogen) atoms. The molecular formula is C10H18N2. The molecule has 0 aromatic rings. The Kier molecular flexibility index (Phi) is 3.13. The van der Waals surface area contributed by atoms with Crippen molar-refractivity contribution >= 4 is 0 Å². The van der Waals surface area contributed by atoms with Gasteiger partial charge in [-0.05, 0) is 25.2 Å². The zero-order chi connectivity index (χ0) is 9.03. The van der Waals surface area contributed by atoms with Crippen molar-refractivity contribution in [3.63, 3.8) is 0 Å². The molecule has 0 aliphatic heterocycles. The van der Waals surface area contributed by atoms with E-state index in [0.29, 0.717) is 13.1 Å². The summed E-state index contributed by atoms with van der Waals surface area (Å²) >= 11 is 0. The van der Waals surface area contributed by atoms with Gasteiger partial charge in [0.25, 0.3) is 0 Å². The SMILES string of the molecule is C#CCNC1(CN)CCC(C)C1. The fourth-order valence-electron chi connectivity index (χ4n) is 2.05. The Labute approximate surface area is 74.9 Å². The van der Waals surface area contributed by atoms with Gasteiger partial charge in [0.05, 0.1) is 6.54 Å². The van der Waals surface area contributed by atoms with E-state index in [0.717, 1.165) is 5.92 Å². The molecule has 1 aliphatic rings. The molecular weight excluding hydrogens is 148 g/mol. The third-order valence-electron chi connectivity index (χ3n) is 2.81. The quantitative estimate of drug-likeness (QED) is 0.606. The maximum absolute atomic E-state index is 5.74. The van der Waals surface area contributed by atoms with Crippen molar-refractivity contribution in [3.8, 4) is 12.3 Å². The Morgan fingerprint density at radius 3 is 2.92 bits per heavy atom. The molecule has 1 saturated carbocycles. The Bertz CT molecular complexity index is 183. The molecule has 0 heterocycles. The number of hydrogen-bond donors (Lipinski definition) is 2. The zero-order valence-electron chi connectivity index (χ0n) is 7.77. The van der Waals surface area contributed by atoms with Crippen molar-refractivity contribution in [1.29, 1.82) is 0 Å². The van der Waals surface area contributed by atoms with E-state index in [-0.39, 0.29) is 5.54 Å². The van der Waals surface area contributed by atoms with E-state index in [1.807, 2.05) is 0 Å². The highest BCUT2D eigenvalue weighted by atomic mass is 15.0. The van der Waals surface area contributed by atoms with E-state index in [1.165, 1.54) is 19.3 Å². The van der Waals surface area contributed by atoms with Crippen LogP contribution in [0.3, 0.4) is 0 Å². The monoisotopic (exact) mass is 166 g/mol. The summed E-state index contributed by atoms with van der Waals surface area (Å²) in [6.07, 6.45) is 8.82. The second-order valence-electron chi connectivity index (χ2n) is 3.89. The van der Waals surface area contributed by atoms with Gasteiger partial charge in [-0.25, -0.2) is 0 Å². The molecule has 2 unspecified atom stereocenters. The van der Waals surface area contributed by atoms with Crippen LogP contribution in [-0.2, 0) is 0 Å². The lowest BCUT2D eigenvalue weighted by molar-refractivity contribution is 0.347. The van der Waals surface area contributed by atoms with E-state index in [2.05, 4.69) is 18.2 Å². The average molecular weight is 166 g/mol. The number of terminal acetylenes is 1. The van der Waals surface area contributed by atoms with Gasteiger partial charge < -0.3 is 5.73 Å². The van der Waals surface area contributed by atoms with E-state index in [4.69, 9.17) is 12.2 Å². The first kappa shape index (κ1) is 9.57. The highest BCUT2D eigenvalue weighted by Gasteiger charge is 2.35. The minimum absolute atomic E-state index is 0.145. The number of nitrogens with two attached hydrogens (primary N) is 1. The summed E-state index contributed by atoms with van der Waals surface area (Å²) in [5.74, 6) is 3.39. The van der Waals surface area contributed by atoms with Crippen LogP contribution in [0.2, 0.25) is 0 Å². The second kappa shape index (κ2) is 3.93. The van der Waals surface area contributed by atoms with Crippen molar-refractivity contribution in [1.82, 2.24) is 5.32 Å². The third kappa shape index (κ3) is 2.00. The zero-order valence-corrected chi connectivity index (χ0v) is 7.77. The van der Waals surface area contributed by atoms with Gasteiger partial charge in [-0.3, -0.25) is 5.32 Å². The molecule has 0 radical (unpaired) electrons. The molecule has 2 nitrogen and oxygen atoms in total. The van der Waals surface area contributed by atoms with Gasteiger partial charge >= 0.3 is 0 Å². The minimum Gasteiger partial charge on any atom is -0.329 e. The van der Waals surface area contributed by atoms with Crippen molar-refractivity contribution < 1.29 is 0 Å². The van der Waals surface area contributed by atoms with Crippen LogP contribution >= 0.6 is 0 Å². The van der Waals surface area contributed by atoms with E-state index in [1.54, 1.807) is 0 Å². The van der Waals surface area contributed by atoms with Crippen molar-refractivity contribution in [2.45, 2.75) is 31.7 Å². The summed E-state index contributed by atoms with van der Waals surface area (Å²) in [5, 5.41) is 3.36. The van der Waals surface area contributed by atoms with Gasteiger partial charge in [-0.2, -0.15) is 0 Å². The number of nitrogens with one attached hydrogen (secondary N) is 1. The predicted octanol–water partition coefficient (Wildman–Crippen LogP) is 0.727. The molecule has 0 spiro atoms. The van der Waals surface area contributed by atoms with Gasteiger partial charge in [-0.1, -0.05) is 12.8 Å². The van der Waals surface area contributed by atoms with E-state index < -0.39 is 0 Å². The van der Waals surface area contributed by atoms with Crippen LogP contribution in [0.15, 0.2) is 0 Å². The molecule has 1 fully saturated rings. The lowest BCUT2D eigenvalue weighted by atomic mass is 9.96. The average Bonchev–Trinajstić information content (AvgIpc) is 2.45. The Morgan fingerprint density at radius 2 is 2.50 bits per heavy atom. The second-order valence-corrected chi connectivity index (χ2v) is 3.89. The molecule has 0 bridgehead atoms. The molecule has 0 aromatic heterocycles. The molecule has 3 N–H and O–H groups in total. The van der Waals surface area contributed by atoms with Crippen LogP contribution in [-0.4, -0.2) is 18.6 Å². The minimum atomic E-state index is 0.145. The highest BCUT2D eigenvalue weighted by Crippen LogP contribution is 2.33. The molecule has 0 saturated heterocycles. The fourth-order valence-corrected chi connectivity index (χ4v) is 2.05. The van der Waals surface area contributed by atoms with Crippen LogP contribution in [0.5, 0.6) is 0 Å².